The molecule has 0 heterocycles. The van der Waals surface area contributed by atoms with Gasteiger partial charge in [-0.15, -0.1) is 0 Å². The monoisotopic (exact) mass is 270 g/mol. The highest BCUT2D eigenvalue weighted by molar-refractivity contribution is 5.97. The Hall–Kier alpha value is -1.97. The van der Waals surface area contributed by atoms with Gasteiger partial charge in [0.2, 0.25) is 5.78 Å². The molecule has 0 aliphatic heterocycles. The van der Waals surface area contributed by atoms with E-state index in [9.17, 15) is 15.0 Å². The second-order valence-corrected chi connectivity index (χ2v) is 5.33. The number of carbonyl (C=O) groups is 1. The quantitative estimate of drug-likeness (QED) is 0.896. The van der Waals surface area contributed by atoms with Gasteiger partial charge in [0.25, 0.3) is 0 Å². The van der Waals surface area contributed by atoms with Gasteiger partial charge in [-0.1, -0.05) is 60.7 Å². The minimum Gasteiger partial charge on any atom is -0.383 e. The fourth-order valence-corrected chi connectivity index (χ4v) is 2.23. The molecule has 0 saturated carbocycles. The molecular weight excluding hydrogens is 252 g/mol. The zero-order chi connectivity index (χ0) is 14.8. The summed E-state index contributed by atoms with van der Waals surface area (Å²) in [7, 11) is 0. The predicted octanol–water partition coefficient (Wildman–Crippen LogP) is 2.26. The molecule has 0 amide bonds. The standard InChI is InChI=1S/C17H18O3/c1-16(2,19)15(18)17(20,13-9-5-3-6-10-13)14-11-7-4-8-12-14/h3-12,19-20H,1-2H3. The molecule has 0 unspecified atom stereocenters. The van der Waals surface area contributed by atoms with E-state index in [0.717, 1.165) is 0 Å². The van der Waals surface area contributed by atoms with E-state index in [-0.39, 0.29) is 0 Å². The van der Waals surface area contributed by atoms with Gasteiger partial charge >= 0.3 is 0 Å². The molecule has 0 aliphatic rings. The first-order valence-corrected chi connectivity index (χ1v) is 6.47. The van der Waals surface area contributed by atoms with Gasteiger partial charge in [-0.05, 0) is 25.0 Å². The Morgan fingerprint density at radius 1 is 0.800 bits per heavy atom. The summed E-state index contributed by atoms with van der Waals surface area (Å²) in [5.41, 5.74) is -2.61. The summed E-state index contributed by atoms with van der Waals surface area (Å²) in [6, 6.07) is 17.3. The summed E-state index contributed by atoms with van der Waals surface area (Å²) in [6.07, 6.45) is 0. The summed E-state index contributed by atoms with van der Waals surface area (Å²) in [6.45, 7) is 2.76. The lowest BCUT2D eigenvalue weighted by atomic mass is 9.77. The Morgan fingerprint density at radius 2 is 1.15 bits per heavy atom. The first-order valence-electron chi connectivity index (χ1n) is 6.47. The molecule has 3 heteroatoms. The van der Waals surface area contributed by atoms with Crippen molar-refractivity contribution in [2.45, 2.75) is 25.0 Å². The third kappa shape index (κ3) is 2.50. The summed E-state index contributed by atoms with van der Waals surface area (Å²) < 4.78 is 0. The number of carbonyl (C=O) groups excluding carboxylic acids is 1. The van der Waals surface area contributed by atoms with E-state index >= 15 is 0 Å². The Bertz CT molecular complexity index is 543. The van der Waals surface area contributed by atoms with E-state index in [4.69, 9.17) is 0 Å². The Balaban J connectivity index is 2.65. The highest BCUT2D eigenvalue weighted by Crippen LogP contribution is 2.33. The van der Waals surface area contributed by atoms with Crippen LogP contribution < -0.4 is 0 Å². The number of aliphatic hydroxyl groups is 2. The van der Waals surface area contributed by atoms with Crippen LogP contribution in [0.5, 0.6) is 0 Å². The maximum atomic E-state index is 12.6. The molecule has 0 fully saturated rings. The molecule has 104 valence electrons. The molecule has 20 heavy (non-hydrogen) atoms. The van der Waals surface area contributed by atoms with Crippen molar-refractivity contribution in [1.29, 1.82) is 0 Å². The molecule has 0 aliphatic carbocycles. The van der Waals surface area contributed by atoms with Gasteiger partial charge in [0.15, 0.2) is 5.60 Å². The van der Waals surface area contributed by atoms with Crippen LogP contribution in [0.1, 0.15) is 25.0 Å². The number of hydrogen-bond acceptors (Lipinski definition) is 3. The van der Waals surface area contributed by atoms with Crippen molar-refractivity contribution in [2.75, 3.05) is 0 Å². The predicted molar refractivity (Wildman–Crippen MR) is 77.2 cm³/mol. The van der Waals surface area contributed by atoms with Crippen LogP contribution in [0.3, 0.4) is 0 Å². The van der Waals surface area contributed by atoms with Crippen LogP contribution in [0.25, 0.3) is 0 Å². The summed E-state index contributed by atoms with van der Waals surface area (Å²) >= 11 is 0. The molecule has 0 bridgehead atoms. The summed E-state index contributed by atoms with van der Waals surface area (Å²) in [5, 5.41) is 21.1. The molecule has 0 atom stereocenters. The van der Waals surface area contributed by atoms with Gasteiger partial charge in [0, 0.05) is 0 Å². The first kappa shape index (κ1) is 14.4. The molecule has 0 aromatic heterocycles. The summed E-state index contributed by atoms with van der Waals surface area (Å²) in [5.74, 6) is -0.651. The second-order valence-electron chi connectivity index (χ2n) is 5.33. The molecule has 2 N–H and O–H groups in total. The fourth-order valence-electron chi connectivity index (χ4n) is 2.23. The number of Topliss-reactive ketones (excluding diaryl/α,β-unsaturated/α-hetero) is 1. The Labute approximate surface area is 118 Å². The lowest BCUT2D eigenvalue weighted by Crippen LogP contribution is -2.48. The maximum absolute atomic E-state index is 12.6. The minimum absolute atomic E-state index is 0.443. The summed E-state index contributed by atoms with van der Waals surface area (Å²) in [4.78, 5) is 12.6. The normalized spacial score (nSPS) is 12.2. The number of rotatable bonds is 4. The van der Waals surface area contributed by atoms with E-state index in [1.165, 1.54) is 13.8 Å². The molecular formula is C17H18O3. The lowest BCUT2D eigenvalue weighted by Gasteiger charge is -2.32. The van der Waals surface area contributed by atoms with Crippen molar-refractivity contribution < 1.29 is 15.0 Å². The topological polar surface area (TPSA) is 57.5 Å². The van der Waals surface area contributed by atoms with Crippen LogP contribution in [0.2, 0.25) is 0 Å². The molecule has 2 aromatic carbocycles. The second kappa shape index (κ2) is 5.19. The van der Waals surface area contributed by atoms with Crippen LogP contribution in [0, 0.1) is 0 Å². The lowest BCUT2D eigenvalue weighted by molar-refractivity contribution is -0.150. The van der Waals surface area contributed by atoms with Crippen LogP contribution in [0.15, 0.2) is 60.7 Å². The fraction of sp³-hybridized carbons (Fsp3) is 0.235. The molecule has 0 saturated heterocycles. The SMILES string of the molecule is CC(C)(O)C(=O)C(O)(c1ccccc1)c1ccccc1. The van der Waals surface area contributed by atoms with E-state index in [1.54, 1.807) is 48.5 Å². The van der Waals surface area contributed by atoms with Crippen molar-refractivity contribution in [3.63, 3.8) is 0 Å². The molecule has 0 spiro atoms. The van der Waals surface area contributed by atoms with Gasteiger partial charge in [0.1, 0.15) is 5.60 Å². The molecule has 2 aromatic rings. The van der Waals surface area contributed by atoms with Crippen molar-refractivity contribution >= 4 is 5.78 Å². The van der Waals surface area contributed by atoms with Crippen LogP contribution in [-0.4, -0.2) is 21.6 Å². The Morgan fingerprint density at radius 3 is 1.45 bits per heavy atom. The first-order chi connectivity index (χ1) is 9.37. The minimum atomic E-state index is -1.86. The third-order valence-corrected chi connectivity index (χ3v) is 3.27. The average Bonchev–Trinajstić information content (AvgIpc) is 2.46. The van der Waals surface area contributed by atoms with Crippen molar-refractivity contribution in [3.8, 4) is 0 Å². The average molecular weight is 270 g/mol. The maximum Gasteiger partial charge on any atom is 0.204 e. The molecule has 0 radical (unpaired) electrons. The number of hydrogen-bond donors (Lipinski definition) is 2. The van der Waals surface area contributed by atoms with Crippen LogP contribution in [-0.2, 0) is 10.4 Å². The number of ketones is 1. The van der Waals surface area contributed by atoms with E-state index < -0.39 is 17.0 Å². The van der Waals surface area contributed by atoms with E-state index in [1.807, 2.05) is 12.1 Å². The highest BCUT2D eigenvalue weighted by atomic mass is 16.3. The number of benzene rings is 2. The van der Waals surface area contributed by atoms with Gasteiger partial charge in [-0.2, -0.15) is 0 Å². The molecule has 3 nitrogen and oxygen atoms in total. The van der Waals surface area contributed by atoms with Crippen molar-refractivity contribution in [3.05, 3.63) is 71.8 Å². The zero-order valence-electron chi connectivity index (χ0n) is 11.6. The largest absolute Gasteiger partial charge is 0.383 e. The molecule has 2 rings (SSSR count). The van der Waals surface area contributed by atoms with Crippen molar-refractivity contribution in [2.24, 2.45) is 0 Å². The highest BCUT2D eigenvalue weighted by Gasteiger charge is 2.46. The van der Waals surface area contributed by atoms with Gasteiger partial charge in [-0.3, -0.25) is 4.79 Å². The van der Waals surface area contributed by atoms with Gasteiger partial charge < -0.3 is 10.2 Å². The zero-order valence-corrected chi connectivity index (χ0v) is 11.6. The van der Waals surface area contributed by atoms with Crippen LogP contribution >= 0.6 is 0 Å². The van der Waals surface area contributed by atoms with E-state index in [2.05, 4.69) is 0 Å². The van der Waals surface area contributed by atoms with Crippen molar-refractivity contribution in [1.82, 2.24) is 0 Å². The smallest absolute Gasteiger partial charge is 0.204 e. The van der Waals surface area contributed by atoms with Crippen LogP contribution in [0.4, 0.5) is 0 Å². The van der Waals surface area contributed by atoms with Gasteiger partial charge in [0.05, 0.1) is 0 Å². The van der Waals surface area contributed by atoms with Gasteiger partial charge in [-0.25, -0.2) is 0 Å². The van der Waals surface area contributed by atoms with E-state index in [0.29, 0.717) is 11.1 Å². The Kier molecular flexibility index (Phi) is 3.75. The third-order valence-electron chi connectivity index (χ3n) is 3.27.